The summed E-state index contributed by atoms with van der Waals surface area (Å²) < 4.78 is 26.9. The van der Waals surface area contributed by atoms with Crippen LogP contribution in [0.3, 0.4) is 0 Å². The number of rotatable bonds is 4. The fourth-order valence-electron chi connectivity index (χ4n) is 2.77. The summed E-state index contributed by atoms with van der Waals surface area (Å²) in [5.74, 6) is 0.298. The van der Waals surface area contributed by atoms with Crippen molar-refractivity contribution >= 4 is 10.0 Å². The fraction of sp³-hybridized carbons (Fsp3) is 0.714. The van der Waals surface area contributed by atoms with Crippen LogP contribution in [0.25, 0.3) is 0 Å². The van der Waals surface area contributed by atoms with Crippen molar-refractivity contribution in [2.75, 3.05) is 27.2 Å². The average Bonchev–Trinajstić information content (AvgIpc) is 2.94. The molecule has 114 valence electrons. The molecule has 0 amide bonds. The maximum atomic E-state index is 12.7. The molecule has 0 aliphatic carbocycles. The van der Waals surface area contributed by atoms with Gasteiger partial charge in [0.25, 0.3) is 10.0 Å². The van der Waals surface area contributed by atoms with E-state index in [1.807, 2.05) is 21.0 Å². The van der Waals surface area contributed by atoms with Crippen molar-refractivity contribution in [3.8, 4) is 0 Å². The highest BCUT2D eigenvalue weighted by Gasteiger charge is 2.34. The van der Waals surface area contributed by atoms with E-state index in [1.165, 1.54) is 0 Å². The minimum absolute atomic E-state index is 0.298. The summed E-state index contributed by atoms with van der Waals surface area (Å²) in [7, 11) is 0.604. The quantitative estimate of drug-likeness (QED) is 0.922. The molecule has 1 aromatic rings. The van der Waals surface area contributed by atoms with Crippen LogP contribution in [0.2, 0.25) is 0 Å². The van der Waals surface area contributed by atoms with Crippen LogP contribution in [0.15, 0.2) is 11.1 Å². The van der Waals surface area contributed by atoms with E-state index in [0.717, 1.165) is 17.7 Å². The summed E-state index contributed by atoms with van der Waals surface area (Å²) in [6.45, 7) is 7.25. The summed E-state index contributed by atoms with van der Waals surface area (Å²) in [6.07, 6.45) is 0.892. The van der Waals surface area contributed by atoms with Crippen molar-refractivity contribution in [3.63, 3.8) is 0 Å². The van der Waals surface area contributed by atoms with E-state index in [-0.39, 0.29) is 0 Å². The minimum Gasteiger partial charge on any atom is -0.348 e. The lowest BCUT2D eigenvalue weighted by molar-refractivity contribution is 0.302. The van der Waals surface area contributed by atoms with Crippen LogP contribution in [0, 0.1) is 6.92 Å². The summed E-state index contributed by atoms with van der Waals surface area (Å²) in [6, 6.07) is 2.07. The van der Waals surface area contributed by atoms with E-state index < -0.39 is 10.0 Å². The third-order valence-corrected chi connectivity index (χ3v) is 5.87. The van der Waals surface area contributed by atoms with Gasteiger partial charge in [0.05, 0.1) is 0 Å². The average molecular weight is 299 g/mol. The van der Waals surface area contributed by atoms with E-state index in [0.29, 0.717) is 30.1 Å². The van der Waals surface area contributed by atoms with Crippen LogP contribution in [-0.2, 0) is 10.0 Å². The summed E-state index contributed by atoms with van der Waals surface area (Å²) in [5, 5.41) is 0.332. The predicted octanol–water partition coefficient (Wildman–Crippen LogP) is 1.77. The summed E-state index contributed by atoms with van der Waals surface area (Å²) in [4.78, 5) is 5.19. The van der Waals surface area contributed by atoms with E-state index in [1.54, 1.807) is 10.4 Å². The first-order chi connectivity index (χ1) is 9.23. The van der Waals surface area contributed by atoms with Gasteiger partial charge in [-0.25, -0.2) is 8.42 Å². The highest BCUT2D eigenvalue weighted by atomic mass is 32.2. The predicted molar refractivity (Wildman–Crippen MR) is 80.5 cm³/mol. The highest BCUT2D eigenvalue weighted by molar-refractivity contribution is 7.89. The Hall–Kier alpha value is -0.850. The van der Waals surface area contributed by atoms with E-state index in [2.05, 4.69) is 23.7 Å². The first-order valence-corrected chi connectivity index (χ1v) is 8.53. The van der Waals surface area contributed by atoms with Gasteiger partial charge in [0.2, 0.25) is 0 Å². The van der Waals surface area contributed by atoms with Crippen LogP contribution in [0.4, 0.5) is 0 Å². The second-order valence-electron chi connectivity index (χ2n) is 6.15. The van der Waals surface area contributed by atoms with Gasteiger partial charge in [-0.3, -0.25) is 0 Å². The van der Waals surface area contributed by atoms with E-state index in [4.69, 9.17) is 0 Å². The number of nitrogens with one attached hydrogen (secondary N) is 1. The molecule has 1 saturated heterocycles. The molecule has 1 fully saturated rings. The van der Waals surface area contributed by atoms with Crippen LogP contribution >= 0.6 is 0 Å². The molecule has 5 nitrogen and oxygen atoms in total. The molecule has 0 radical (unpaired) electrons. The van der Waals surface area contributed by atoms with E-state index in [9.17, 15) is 8.42 Å². The van der Waals surface area contributed by atoms with Crippen LogP contribution in [0.1, 0.15) is 37.4 Å². The number of aromatic amines is 1. The van der Waals surface area contributed by atoms with Crippen molar-refractivity contribution < 1.29 is 8.42 Å². The number of likely N-dealkylation sites (N-methyl/N-ethyl adjacent to an activating group) is 1. The number of aryl methyl sites for hydroxylation is 1. The molecule has 0 bridgehead atoms. The SMILES string of the molecule is Cc1cc(S(=O)(=O)N2CCC(N(C)C)C2)[nH]c1C(C)C. The number of aromatic nitrogens is 1. The van der Waals surface area contributed by atoms with Crippen molar-refractivity contribution in [2.24, 2.45) is 0 Å². The molecular weight excluding hydrogens is 274 g/mol. The Morgan fingerprint density at radius 2 is 2.05 bits per heavy atom. The second-order valence-corrected chi connectivity index (χ2v) is 8.06. The monoisotopic (exact) mass is 299 g/mol. The third kappa shape index (κ3) is 2.77. The first kappa shape index (κ1) is 15.5. The highest BCUT2D eigenvalue weighted by Crippen LogP contribution is 2.26. The topological polar surface area (TPSA) is 56.4 Å². The lowest BCUT2D eigenvalue weighted by atomic mass is 10.1. The zero-order chi connectivity index (χ0) is 15.1. The number of nitrogens with zero attached hydrogens (tertiary/aromatic N) is 2. The van der Waals surface area contributed by atoms with Crippen molar-refractivity contribution in [1.29, 1.82) is 0 Å². The van der Waals surface area contributed by atoms with Crippen LogP contribution in [-0.4, -0.2) is 55.8 Å². The molecule has 1 aromatic heterocycles. The van der Waals surface area contributed by atoms with Crippen molar-refractivity contribution in [1.82, 2.24) is 14.2 Å². The molecule has 1 N–H and O–H groups in total. The van der Waals surface area contributed by atoms with Crippen molar-refractivity contribution in [3.05, 3.63) is 17.3 Å². The Bertz CT molecular complexity index is 575. The molecule has 2 heterocycles. The van der Waals surface area contributed by atoms with E-state index >= 15 is 0 Å². The maximum Gasteiger partial charge on any atom is 0.258 e. The second kappa shape index (κ2) is 5.50. The Labute approximate surface area is 122 Å². The third-order valence-electron chi connectivity index (χ3n) is 4.08. The number of hydrogen-bond acceptors (Lipinski definition) is 3. The molecule has 0 saturated carbocycles. The standard InChI is InChI=1S/C14H25N3O2S/c1-10(2)14-11(3)8-13(15-14)20(18,19)17-7-6-12(9-17)16(4)5/h8,10,12,15H,6-7,9H2,1-5H3. The first-order valence-electron chi connectivity index (χ1n) is 7.09. The zero-order valence-corrected chi connectivity index (χ0v) is 13.8. The van der Waals surface area contributed by atoms with Gasteiger partial charge in [-0.1, -0.05) is 13.8 Å². The van der Waals surface area contributed by atoms with Crippen LogP contribution < -0.4 is 0 Å². The normalized spacial score (nSPS) is 21.2. The van der Waals surface area contributed by atoms with Gasteiger partial charge in [0, 0.05) is 24.8 Å². The lowest BCUT2D eigenvalue weighted by Gasteiger charge is -2.19. The fourth-order valence-corrected chi connectivity index (χ4v) is 4.33. The van der Waals surface area contributed by atoms with Gasteiger partial charge < -0.3 is 9.88 Å². The molecular formula is C14H25N3O2S. The van der Waals surface area contributed by atoms with Gasteiger partial charge >= 0.3 is 0 Å². The molecule has 0 spiro atoms. The van der Waals surface area contributed by atoms with Gasteiger partial charge in [-0.2, -0.15) is 4.31 Å². The molecule has 20 heavy (non-hydrogen) atoms. The van der Waals surface area contributed by atoms with Gasteiger partial charge in [0.1, 0.15) is 5.03 Å². The Balaban J connectivity index is 2.25. The summed E-state index contributed by atoms with van der Waals surface area (Å²) >= 11 is 0. The molecule has 1 atom stereocenters. The van der Waals surface area contributed by atoms with Gasteiger partial charge in [-0.15, -0.1) is 0 Å². The molecule has 2 rings (SSSR count). The molecule has 0 aromatic carbocycles. The Morgan fingerprint density at radius 1 is 1.40 bits per heavy atom. The number of hydrogen-bond donors (Lipinski definition) is 1. The van der Waals surface area contributed by atoms with Gasteiger partial charge in [0.15, 0.2) is 0 Å². The smallest absolute Gasteiger partial charge is 0.258 e. The lowest BCUT2D eigenvalue weighted by Crippen LogP contribution is -2.34. The van der Waals surface area contributed by atoms with Crippen molar-refractivity contribution in [2.45, 2.75) is 44.2 Å². The Morgan fingerprint density at radius 3 is 2.50 bits per heavy atom. The maximum absolute atomic E-state index is 12.7. The van der Waals surface area contributed by atoms with Gasteiger partial charge in [-0.05, 0) is 45.0 Å². The number of H-pyrrole nitrogens is 1. The molecule has 1 aliphatic heterocycles. The minimum atomic E-state index is -3.39. The van der Waals surface area contributed by atoms with Crippen LogP contribution in [0.5, 0.6) is 0 Å². The zero-order valence-electron chi connectivity index (χ0n) is 13.0. The number of sulfonamides is 1. The summed E-state index contributed by atoms with van der Waals surface area (Å²) in [5.41, 5.74) is 2.02. The Kier molecular flexibility index (Phi) is 4.27. The molecule has 1 unspecified atom stereocenters. The molecule has 1 aliphatic rings. The molecule has 6 heteroatoms. The largest absolute Gasteiger partial charge is 0.348 e.